The molecule has 0 aliphatic rings. The molecule has 0 amide bonds. The largest absolute Gasteiger partial charge is 0.478 e. The monoisotopic (exact) mass is 302 g/mol. The summed E-state index contributed by atoms with van der Waals surface area (Å²) in [6, 6.07) is 3.97. The molecule has 0 saturated carbocycles. The van der Waals surface area contributed by atoms with E-state index in [-0.39, 0.29) is 5.41 Å². The summed E-state index contributed by atoms with van der Waals surface area (Å²) in [6.07, 6.45) is 4.05. The first kappa shape index (κ1) is 16.6. The molecule has 2 aromatic rings. The standard InChI is InChI=1S/C18H26N2O2/c1-5-6-12-11-20(8-7-19)16-14(12)9-13(18(2,3)4)10-15(16)17(21)22/h9-11H,5-8,19H2,1-4H3,(H,21,22). The molecule has 4 nitrogen and oxygen atoms in total. The van der Waals surface area contributed by atoms with Gasteiger partial charge in [-0.05, 0) is 35.1 Å². The van der Waals surface area contributed by atoms with Crippen LogP contribution in [0.1, 0.15) is 55.6 Å². The number of aromatic carboxylic acids is 1. The molecule has 0 spiro atoms. The van der Waals surface area contributed by atoms with E-state index in [0.29, 0.717) is 18.7 Å². The highest BCUT2D eigenvalue weighted by molar-refractivity contribution is 6.04. The Hall–Kier alpha value is -1.81. The molecule has 4 heteroatoms. The lowest BCUT2D eigenvalue weighted by Crippen LogP contribution is -2.14. The van der Waals surface area contributed by atoms with Crippen LogP contribution >= 0.6 is 0 Å². The molecule has 0 aliphatic carbocycles. The average molecular weight is 302 g/mol. The maximum absolute atomic E-state index is 11.8. The van der Waals surface area contributed by atoms with Crippen LogP contribution < -0.4 is 5.73 Å². The molecule has 120 valence electrons. The van der Waals surface area contributed by atoms with Crippen molar-refractivity contribution >= 4 is 16.9 Å². The normalized spacial score (nSPS) is 12.0. The van der Waals surface area contributed by atoms with E-state index in [1.807, 2.05) is 10.6 Å². The Kier molecular flexibility index (Phi) is 4.61. The summed E-state index contributed by atoms with van der Waals surface area (Å²) in [7, 11) is 0. The van der Waals surface area contributed by atoms with Gasteiger partial charge in [0, 0.05) is 24.7 Å². The first-order chi connectivity index (χ1) is 10.3. The smallest absolute Gasteiger partial charge is 0.337 e. The number of fused-ring (bicyclic) bond motifs is 1. The molecule has 0 aliphatic heterocycles. The van der Waals surface area contributed by atoms with Crippen LogP contribution in [0.3, 0.4) is 0 Å². The predicted molar refractivity (Wildman–Crippen MR) is 90.6 cm³/mol. The zero-order valence-electron chi connectivity index (χ0n) is 13.9. The van der Waals surface area contributed by atoms with Crippen molar-refractivity contribution in [3.63, 3.8) is 0 Å². The molecule has 2 rings (SSSR count). The van der Waals surface area contributed by atoms with Crippen molar-refractivity contribution in [2.24, 2.45) is 5.73 Å². The number of hydrogen-bond acceptors (Lipinski definition) is 2. The van der Waals surface area contributed by atoms with Crippen molar-refractivity contribution in [3.05, 3.63) is 35.0 Å². The van der Waals surface area contributed by atoms with Gasteiger partial charge in [-0.1, -0.05) is 34.1 Å². The Morgan fingerprint density at radius 2 is 2.00 bits per heavy atom. The lowest BCUT2D eigenvalue weighted by molar-refractivity contribution is 0.0698. The van der Waals surface area contributed by atoms with Crippen LogP contribution in [-0.2, 0) is 18.4 Å². The molecule has 0 fully saturated rings. The van der Waals surface area contributed by atoms with Crippen LogP contribution in [-0.4, -0.2) is 22.2 Å². The fourth-order valence-corrected chi connectivity index (χ4v) is 2.89. The number of nitrogens with two attached hydrogens (primary N) is 1. The van der Waals surface area contributed by atoms with Crippen LogP contribution in [0.25, 0.3) is 10.9 Å². The van der Waals surface area contributed by atoms with Gasteiger partial charge in [-0.2, -0.15) is 0 Å². The van der Waals surface area contributed by atoms with Crippen molar-refractivity contribution in [1.29, 1.82) is 0 Å². The van der Waals surface area contributed by atoms with Gasteiger partial charge >= 0.3 is 5.97 Å². The summed E-state index contributed by atoms with van der Waals surface area (Å²) >= 11 is 0. The molecule has 0 bridgehead atoms. The van der Waals surface area contributed by atoms with E-state index in [4.69, 9.17) is 5.73 Å². The highest BCUT2D eigenvalue weighted by atomic mass is 16.4. The highest BCUT2D eigenvalue weighted by Crippen LogP contribution is 2.32. The molecule has 1 aromatic carbocycles. The third-order valence-electron chi connectivity index (χ3n) is 4.04. The molecule has 0 atom stereocenters. The van der Waals surface area contributed by atoms with Gasteiger partial charge < -0.3 is 15.4 Å². The Labute approximate surface area is 131 Å². The lowest BCUT2D eigenvalue weighted by atomic mass is 9.84. The second-order valence-electron chi connectivity index (χ2n) is 6.86. The molecule has 22 heavy (non-hydrogen) atoms. The molecule has 1 heterocycles. The number of carboxylic acid groups (broad SMARTS) is 1. The summed E-state index contributed by atoms with van der Waals surface area (Å²) in [6.45, 7) is 9.59. The van der Waals surface area contributed by atoms with E-state index in [1.165, 1.54) is 5.56 Å². The van der Waals surface area contributed by atoms with Gasteiger partial charge in [0.25, 0.3) is 0 Å². The van der Waals surface area contributed by atoms with Crippen molar-refractivity contribution in [2.75, 3.05) is 6.54 Å². The SMILES string of the molecule is CCCc1cn(CCN)c2c(C(=O)O)cc(C(C)(C)C)cc12. The van der Waals surface area contributed by atoms with Crippen molar-refractivity contribution in [1.82, 2.24) is 4.57 Å². The number of aromatic nitrogens is 1. The summed E-state index contributed by atoms with van der Waals surface area (Å²) in [5, 5.41) is 10.7. The minimum absolute atomic E-state index is 0.0855. The number of rotatable bonds is 5. The van der Waals surface area contributed by atoms with E-state index in [1.54, 1.807) is 0 Å². The van der Waals surface area contributed by atoms with Gasteiger partial charge in [-0.25, -0.2) is 4.79 Å². The molecule has 3 N–H and O–H groups in total. The maximum Gasteiger partial charge on any atom is 0.337 e. The van der Waals surface area contributed by atoms with Crippen LogP contribution in [0.4, 0.5) is 0 Å². The number of aryl methyl sites for hydroxylation is 1. The fourth-order valence-electron chi connectivity index (χ4n) is 2.89. The Balaban J connectivity index is 2.83. The van der Waals surface area contributed by atoms with E-state index in [9.17, 15) is 9.90 Å². The molecule has 0 radical (unpaired) electrons. The van der Waals surface area contributed by atoms with Crippen LogP contribution in [0.15, 0.2) is 18.3 Å². The van der Waals surface area contributed by atoms with E-state index < -0.39 is 5.97 Å². The minimum Gasteiger partial charge on any atom is -0.478 e. The topological polar surface area (TPSA) is 68.2 Å². The third kappa shape index (κ3) is 3.02. The molecular weight excluding hydrogens is 276 g/mol. The predicted octanol–water partition coefficient (Wildman–Crippen LogP) is 3.55. The van der Waals surface area contributed by atoms with Gasteiger partial charge in [0.2, 0.25) is 0 Å². The van der Waals surface area contributed by atoms with Gasteiger partial charge in [0.1, 0.15) is 0 Å². The lowest BCUT2D eigenvalue weighted by Gasteiger charge is -2.20. The second kappa shape index (κ2) is 6.13. The molecule has 1 aromatic heterocycles. The van der Waals surface area contributed by atoms with E-state index in [2.05, 4.69) is 40.0 Å². The Bertz CT molecular complexity index is 693. The summed E-state index contributed by atoms with van der Waals surface area (Å²) in [5.41, 5.74) is 9.04. The van der Waals surface area contributed by atoms with E-state index in [0.717, 1.165) is 29.3 Å². The maximum atomic E-state index is 11.8. The number of carbonyl (C=O) groups is 1. The van der Waals surface area contributed by atoms with Crippen LogP contribution in [0.2, 0.25) is 0 Å². The molecular formula is C18H26N2O2. The quantitative estimate of drug-likeness (QED) is 0.887. The molecule has 0 saturated heterocycles. The summed E-state index contributed by atoms with van der Waals surface area (Å²) in [4.78, 5) is 11.8. The Morgan fingerprint density at radius 1 is 1.32 bits per heavy atom. The van der Waals surface area contributed by atoms with Gasteiger partial charge in [0.15, 0.2) is 0 Å². The number of hydrogen-bond donors (Lipinski definition) is 2. The van der Waals surface area contributed by atoms with Gasteiger partial charge in [-0.3, -0.25) is 0 Å². The Morgan fingerprint density at radius 3 is 2.50 bits per heavy atom. The fraction of sp³-hybridized carbons (Fsp3) is 0.500. The average Bonchev–Trinajstić information content (AvgIpc) is 2.76. The summed E-state index contributed by atoms with van der Waals surface area (Å²) in [5.74, 6) is -0.879. The van der Waals surface area contributed by atoms with Crippen LogP contribution in [0.5, 0.6) is 0 Å². The zero-order chi connectivity index (χ0) is 16.5. The third-order valence-corrected chi connectivity index (χ3v) is 4.04. The number of carboxylic acids is 1. The molecule has 0 unspecified atom stereocenters. The summed E-state index contributed by atoms with van der Waals surface area (Å²) < 4.78 is 2.00. The zero-order valence-corrected chi connectivity index (χ0v) is 13.9. The van der Waals surface area contributed by atoms with E-state index >= 15 is 0 Å². The number of nitrogens with zero attached hydrogens (tertiary/aromatic N) is 1. The second-order valence-corrected chi connectivity index (χ2v) is 6.86. The minimum atomic E-state index is -0.879. The van der Waals surface area contributed by atoms with Crippen molar-refractivity contribution in [3.8, 4) is 0 Å². The highest BCUT2D eigenvalue weighted by Gasteiger charge is 2.22. The first-order valence-corrected chi connectivity index (χ1v) is 7.89. The number of benzene rings is 1. The van der Waals surface area contributed by atoms with Crippen LogP contribution in [0, 0.1) is 0 Å². The van der Waals surface area contributed by atoms with Gasteiger partial charge in [-0.15, -0.1) is 0 Å². The van der Waals surface area contributed by atoms with Crippen molar-refractivity contribution < 1.29 is 9.90 Å². The van der Waals surface area contributed by atoms with Gasteiger partial charge in [0.05, 0.1) is 11.1 Å². The first-order valence-electron chi connectivity index (χ1n) is 7.89. The van der Waals surface area contributed by atoms with Crippen molar-refractivity contribution in [2.45, 2.75) is 52.5 Å².